The summed E-state index contributed by atoms with van der Waals surface area (Å²) in [5, 5.41) is 4.01. The Morgan fingerprint density at radius 2 is 1.86 bits per heavy atom. The number of carbonyl (C=O) groups excluding carboxylic acids is 1. The first-order chi connectivity index (χ1) is 16.9. The van der Waals surface area contributed by atoms with Gasteiger partial charge in [-0.3, -0.25) is 4.79 Å². The Balaban J connectivity index is 1.40. The third-order valence-electron chi connectivity index (χ3n) is 6.05. The molecule has 2 aromatic carbocycles. The first-order valence-electron chi connectivity index (χ1n) is 11.5. The summed E-state index contributed by atoms with van der Waals surface area (Å²) in [4.78, 5) is 15.1. The molecule has 0 unspecified atom stereocenters. The molecule has 1 fully saturated rings. The van der Waals surface area contributed by atoms with Gasteiger partial charge in [-0.2, -0.15) is 0 Å². The van der Waals surface area contributed by atoms with Crippen molar-refractivity contribution in [2.75, 3.05) is 31.3 Å². The van der Waals surface area contributed by atoms with E-state index < -0.39 is 15.9 Å². The fourth-order valence-corrected chi connectivity index (χ4v) is 6.03. The largest absolute Gasteiger partial charge is 0.494 e. The van der Waals surface area contributed by atoms with Gasteiger partial charge in [0, 0.05) is 24.2 Å². The van der Waals surface area contributed by atoms with E-state index in [1.165, 1.54) is 0 Å². The van der Waals surface area contributed by atoms with Gasteiger partial charge in [0.1, 0.15) is 19.0 Å². The summed E-state index contributed by atoms with van der Waals surface area (Å²) >= 11 is 0. The molecule has 1 amide bonds. The maximum Gasteiger partial charge on any atom is 0.276 e. The smallest absolute Gasteiger partial charge is 0.276 e. The summed E-state index contributed by atoms with van der Waals surface area (Å²) < 4.78 is 46.5. The van der Waals surface area contributed by atoms with Crippen molar-refractivity contribution in [3.8, 4) is 28.6 Å². The summed E-state index contributed by atoms with van der Waals surface area (Å²) in [5.41, 5.74) is 1.68. The molecule has 1 aromatic heterocycles. The highest BCUT2D eigenvalue weighted by atomic mass is 32.2. The van der Waals surface area contributed by atoms with Gasteiger partial charge in [0.15, 0.2) is 32.8 Å². The van der Waals surface area contributed by atoms with Gasteiger partial charge in [0.05, 0.1) is 18.1 Å². The monoisotopic (exact) mass is 498 g/mol. The first kappa shape index (κ1) is 23.2. The van der Waals surface area contributed by atoms with Crippen LogP contribution in [0.5, 0.6) is 17.2 Å². The molecule has 10 heteroatoms. The van der Waals surface area contributed by atoms with E-state index in [0.717, 1.165) is 11.3 Å². The number of fused-ring (bicyclic) bond motifs is 1. The second-order valence-corrected chi connectivity index (χ2v) is 10.7. The lowest BCUT2D eigenvalue weighted by Gasteiger charge is -2.27. The van der Waals surface area contributed by atoms with Crippen LogP contribution in [0.2, 0.25) is 0 Å². The van der Waals surface area contributed by atoms with Crippen molar-refractivity contribution in [3.05, 3.63) is 59.8 Å². The molecule has 0 spiro atoms. The Hall–Kier alpha value is -3.53. The van der Waals surface area contributed by atoms with Crippen molar-refractivity contribution in [1.82, 2.24) is 10.1 Å². The van der Waals surface area contributed by atoms with E-state index in [0.29, 0.717) is 49.1 Å². The van der Waals surface area contributed by atoms with E-state index in [4.69, 9.17) is 18.7 Å². The van der Waals surface area contributed by atoms with Crippen molar-refractivity contribution in [2.45, 2.75) is 25.9 Å². The molecule has 2 aliphatic heterocycles. The lowest BCUT2D eigenvalue weighted by atomic mass is 10.1. The molecule has 0 N–H and O–H groups in total. The summed E-state index contributed by atoms with van der Waals surface area (Å²) in [7, 11) is -3.19. The number of benzene rings is 2. The van der Waals surface area contributed by atoms with Crippen LogP contribution in [-0.2, 0) is 16.4 Å². The zero-order valence-corrected chi connectivity index (χ0v) is 20.1. The SMILES string of the molecule is CCOc1ccc(CN(C(=O)c2cc(-c3ccc4c(c3)OCCO4)on2)[C@H]2CCS(=O)(=O)C2)cc1. The molecule has 0 radical (unpaired) electrons. The standard InChI is InChI=1S/C25H26N2O7S/c1-2-31-20-6-3-17(4-7-20)15-27(19-9-12-35(29,30)16-19)25(28)21-14-23(34-26-21)18-5-8-22-24(13-18)33-11-10-32-22/h3-8,13-14,19H,2,9-12,15-16H2,1H3/t19-/m0/s1. The van der Waals surface area contributed by atoms with Gasteiger partial charge in [-0.05, 0) is 49.2 Å². The normalized spacial score (nSPS) is 18.3. The average molecular weight is 499 g/mol. The minimum atomic E-state index is -3.19. The van der Waals surface area contributed by atoms with Crippen LogP contribution in [0.1, 0.15) is 29.4 Å². The Kier molecular flexibility index (Phi) is 6.38. The van der Waals surface area contributed by atoms with Crippen LogP contribution < -0.4 is 14.2 Å². The first-order valence-corrected chi connectivity index (χ1v) is 13.3. The highest BCUT2D eigenvalue weighted by molar-refractivity contribution is 7.91. The maximum absolute atomic E-state index is 13.5. The third kappa shape index (κ3) is 5.12. The quantitative estimate of drug-likeness (QED) is 0.488. The van der Waals surface area contributed by atoms with Gasteiger partial charge >= 0.3 is 0 Å². The minimum Gasteiger partial charge on any atom is -0.494 e. The Morgan fingerprint density at radius 1 is 1.09 bits per heavy atom. The van der Waals surface area contributed by atoms with Gasteiger partial charge < -0.3 is 23.6 Å². The van der Waals surface area contributed by atoms with Gasteiger partial charge in [-0.15, -0.1) is 0 Å². The van der Waals surface area contributed by atoms with Crippen molar-refractivity contribution >= 4 is 15.7 Å². The molecular formula is C25H26N2O7S. The van der Waals surface area contributed by atoms with Crippen LogP contribution in [0, 0.1) is 0 Å². The number of sulfone groups is 1. The van der Waals surface area contributed by atoms with Crippen molar-refractivity contribution in [2.24, 2.45) is 0 Å². The van der Waals surface area contributed by atoms with Crippen LogP contribution in [0.4, 0.5) is 0 Å². The predicted molar refractivity (Wildman–Crippen MR) is 127 cm³/mol. The number of nitrogens with zero attached hydrogens (tertiary/aromatic N) is 2. The van der Waals surface area contributed by atoms with Crippen molar-refractivity contribution in [1.29, 1.82) is 0 Å². The maximum atomic E-state index is 13.5. The summed E-state index contributed by atoms with van der Waals surface area (Å²) in [6, 6.07) is 13.9. The molecule has 1 atom stereocenters. The molecule has 184 valence electrons. The summed E-state index contributed by atoms with van der Waals surface area (Å²) in [6.45, 7) is 3.67. The molecule has 3 aromatic rings. The molecule has 1 saturated heterocycles. The van der Waals surface area contributed by atoms with E-state index in [1.807, 2.05) is 37.3 Å². The lowest BCUT2D eigenvalue weighted by Crippen LogP contribution is -2.40. The number of aromatic nitrogens is 1. The van der Waals surface area contributed by atoms with Gasteiger partial charge in [0.2, 0.25) is 0 Å². The fourth-order valence-electron chi connectivity index (χ4n) is 4.30. The number of hydrogen-bond acceptors (Lipinski definition) is 8. The average Bonchev–Trinajstić information content (AvgIpc) is 3.50. The van der Waals surface area contributed by atoms with E-state index in [-0.39, 0.29) is 29.7 Å². The Bertz CT molecular complexity index is 1320. The van der Waals surface area contributed by atoms with Gasteiger partial charge in [-0.25, -0.2) is 8.42 Å². The number of amides is 1. The number of ether oxygens (including phenoxy) is 3. The number of hydrogen-bond donors (Lipinski definition) is 0. The second-order valence-electron chi connectivity index (χ2n) is 8.50. The number of carbonyl (C=O) groups is 1. The highest BCUT2D eigenvalue weighted by Gasteiger charge is 2.36. The second kappa shape index (κ2) is 9.61. The summed E-state index contributed by atoms with van der Waals surface area (Å²) in [6.07, 6.45) is 0.387. The Morgan fingerprint density at radius 3 is 2.57 bits per heavy atom. The molecule has 2 aliphatic rings. The molecule has 9 nitrogen and oxygen atoms in total. The number of rotatable bonds is 7. The molecule has 35 heavy (non-hydrogen) atoms. The minimum absolute atomic E-state index is 0.0615. The molecule has 0 saturated carbocycles. The zero-order valence-electron chi connectivity index (χ0n) is 19.3. The van der Waals surface area contributed by atoms with Crippen LogP contribution in [0.3, 0.4) is 0 Å². The molecule has 5 rings (SSSR count). The topological polar surface area (TPSA) is 108 Å². The molecule has 0 bridgehead atoms. The third-order valence-corrected chi connectivity index (χ3v) is 7.80. The molecule has 3 heterocycles. The van der Waals surface area contributed by atoms with Crippen LogP contribution in [0.25, 0.3) is 11.3 Å². The van der Waals surface area contributed by atoms with Crippen LogP contribution >= 0.6 is 0 Å². The highest BCUT2D eigenvalue weighted by Crippen LogP contribution is 2.35. The van der Waals surface area contributed by atoms with Crippen molar-refractivity contribution < 1.29 is 31.9 Å². The fraction of sp³-hybridized carbons (Fsp3) is 0.360. The van der Waals surface area contributed by atoms with E-state index in [9.17, 15) is 13.2 Å². The zero-order chi connectivity index (χ0) is 24.4. The van der Waals surface area contributed by atoms with E-state index in [1.54, 1.807) is 23.1 Å². The van der Waals surface area contributed by atoms with E-state index in [2.05, 4.69) is 5.16 Å². The lowest BCUT2D eigenvalue weighted by molar-refractivity contribution is 0.0670. The van der Waals surface area contributed by atoms with Crippen LogP contribution in [0.15, 0.2) is 53.1 Å². The van der Waals surface area contributed by atoms with Gasteiger partial charge in [-0.1, -0.05) is 17.3 Å². The van der Waals surface area contributed by atoms with Crippen LogP contribution in [-0.4, -0.2) is 61.7 Å². The predicted octanol–water partition coefficient (Wildman–Crippen LogP) is 3.34. The van der Waals surface area contributed by atoms with Gasteiger partial charge in [0.25, 0.3) is 5.91 Å². The van der Waals surface area contributed by atoms with E-state index >= 15 is 0 Å². The summed E-state index contributed by atoms with van der Waals surface area (Å²) in [5.74, 6) is 2.01. The van der Waals surface area contributed by atoms with Crippen molar-refractivity contribution in [3.63, 3.8) is 0 Å². The molecule has 0 aliphatic carbocycles. The molecular weight excluding hydrogens is 472 g/mol. The Labute approximate surface area is 203 Å².